The Morgan fingerprint density at radius 1 is 1.16 bits per heavy atom. The summed E-state index contributed by atoms with van der Waals surface area (Å²) >= 11 is 0. The minimum Gasteiger partial charge on any atom is -0.336 e. The molecule has 1 saturated heterocycles. The van der Waals surface area contributed by atoms with Crippen LogP contribution in [0.15, 0.2) is 17.1 Å². The average Bonchev–Trinajstić information content (AvgIpc) is 2.59. The standard InChI is InChI=1S/C20H33N3O2/c1-5-6-9-21-12-14-23(15-13-21)20(25)18-17(4)8-11-22(19(18)24)10-7-16(2)3/h8,11,16H,5-7,9-10,12-15H2,1-4H3. The van der Waals surface area contributed by atoms with Crippen LogP contribution in [0.25, 0.3) is 0 Å². The summed E-state index contributed by atoms with van der Waals surface area (Å²) in [6, 6.07) is 1.90. The number of piperazine rings is 1. The van der Waals surface area contributed by atoms with Gasteiger partial charge >= 0.3 is 0 Å². The monoisotopic (exact) mass is 347 g/mol. The van der Waals surface area contributed by atoms with E-state index in [9.17, 15) is 9.59 Å². The predicted octanol–water partition coefficient (Wildman–Crippen LogP) is 2.76. The van der Waals surface area contributed by atoms with E-state index >= 15 is 0 Å². The largest absolute Gasteiger partial charge is 0.336 e. The van der Waals surface area contributed by atoms with E-state index in [4.69, 9.17) is 0 Å². The minimum atomic E-state index is -0.140. The molecule has 0 unspecified atom stereocenters. The molecule has 1 aliphatic heterocycles. The lowest BCUT2D eigenvalue weighted by molar-refractivity contribution is 0.0632. The second kappa shape index (κ2) is 9.18. The molecule has 1 aromatic heterocycles. The molecule has 0 aliphatic carbocycles. The number of hydrogen-bond donors (Lipinski definition) is 0. The van der Waals surface area contributed by atoms with Crippen molar-refractivity contribution in [2.45, 2.75) is 53.5 Å². The summed E-state index contributed by atoms with van der Waals surface area (Å²) in [5.74, 6) is 0.431. The molecule has 0 N–H and O–H groups in total. The predicted molar refractivity (Wildman–Crippen MR) is 102 cm³/mol. The molecule has 1 fully saturated rings. The zero-order valence-corrected chi connectivity index (χ0v) is 16.3. The normalized spacial score (nSPS) is 15.8. The van der Waals surface area contributed by atoms with Gasteiger partial charge in [-0.05, 0) is 43.9 Å². The molecule has 0 saturated carbocycles. The topological polar surface area (TPSA) is 45.5 Å². The number of nitrogens with zero attached hydrogens (tertiary/aromatic N) is 3. The molecule has 5 heteroatoms. The fraction of sp³-hybridized carbons (Fsp3) is 0.700. The van der Waals surface area contributed by atoms with Gasteiger partial charge in [-0.15, -0.1) is 0 Å². The SMILES string of the molecule is CCCCN1CCN(C(=O)c2c(C)ccn(CCC(C)C)c2=O)CC1. The van der Waals surface area contributed by atoms with Crippen molar-refractivity contribution in [1.29, 1.82) is 0 Å². The molecule has 0 radical (unpaired) electrons. The lowest BCUT2D eigenvalue weighted by Crippen LogP contribution is -2.50. The van der Waals surface area contributed by atoms with Crippen LogP contribution >= 0.6 is 0 Å². The van der Waals surface area contributed by atoms with Crippen molar-refractivity contribution in [2.24, 2.45) is 5.92 Å². The van der Waals surface area contributed by atoms with Gasteiger partial charge in [-0.1, -0.05) is 27.2 Å². The van der Waals surface area contributed by atoms with E-state index in [0.717, 1.165) is 31.6 Å². The first kappa shape index (κ1) is 19.7. The average molecular weight is 348 g/mol. The molecule has 1 aromatic rings. The molecule has 5 nitrogen and oxygen atoms in total. The number of aryl methyl sites for hydroxylation is 2. The van der Waals surface area contributed by atoms with Crippen molar-refractivity contribution in [3.8, 4) is 0 Å². The van der Waals surface area contributed by atoms with Crippen LogP contribution in [-0.4, -0.2) is 53.0 Å². The van der Waals surface area contributed by atoms with Crippen molar-refractivity contribution in [1.82, 2.24) is 14.4 Å². The second-order valence-electron chi connectivity index (χ2n) is 7.54. The van der Waals surface area contributed by atoms with Gasteiger partial charge in [0.2, 0.25) is 0 Å². The van der Waals surface area contributed by atoms with E-state index in [1.54, 1.807) is 4.57 Å². The van der Waals surface area contributed by atoms with Gasteiger partial charge in [0, 0.05) is 38.9 Å². The maximum absolute atomic E-state index is 12.9. The van der Waals surface area contributed by atoms with E-state index < -0.39 is 0 Å². The van der Waals surface area contributed by atoms with Crippen LogP contribution in [0.2, 0.25) is 0 Å². The Kier molecular flexibility index (Phi) is 7.24. The number of pyridine rings is 1. The molecule has 0 atom stereocenters. The summed E-state index contributed by atoms with van der Waals surface area (Å²) in [7, 11) is 0. The van der Waals surface area contributed by atoms with E-state index in [-0.39, 0.29) is 11.5 Å². The highest BCUT2D eigenvalue weighted by molar-refractivity contribution is 5.95. The lowest BCUT2D eigenvalue weighted by Gasteiger charge is -2.34. The highest BCUT2D eigenvalue weighted by Crippen LogP contribution is 2.11. The number of hydrogen-bond acceptors (Lipinski definition) is 3. The van der Waals surface area contributed by atoms with E-state index in [2.05, 4.69) is 25.7 Å². The first-order valence-corrected chi connectivity index (χ1v) is 9.65. The molecule has 0 bridgehead atoms. The summed E-state index contributed by atoms with van der Waals surface area (Å²) in [5.41, 5.74) is 0.997. The number of rotatable bonds is 7. The van der Waals surface area contributed by atoms with Crippen molar-refractivity contribution >= 4 is 5.91 Å². The van der Waals surface area contributed by atoms with Gasteiger partial charge in [-0.3, -0.25) is 14.5 Å². The first-order chi connectivity index (χ1) is 11.9. The molecule has 25 heavy (non-hydrogen) atoms. The second-order valence-corrected chi connectivity index (χ2v) is 7.54. The van der Waals surface area contributed by atoms with Crippen molar-refractivity contribution in [3.05, 3.63) is 33.7 Å². The van der Waals surface area contributed by atoms with Gasteiger partial charge in [0.25, 0.3) is 11.5 Å². The summed E-state index contributed by atoms with van der Waals surface area (Å²) in [5, 5.41) is 0. The highest BCUT2D eigenvalue weighted by atomic mass is 16.2. The first-order valence-electron chi connectivity index (χ1n) is 9.65. The lowest BCUT2D eigenvalue weighted by atomic mass is 10.1. The third-order valence-corrected chi connectivity index (χ3v) is 5.02. The van der Waals surface area contributed by atoms with Gasteiger partial charge in [0.1, 0.15) is 5.56 Å². The maximum Gasteiger partial charge on any atom is 0.263 e. The number of unbranched alkanes of at least 4 members (excludes halogenated alkanes) is 1. The molecular weight excluding hydrogens is 314 g/mol. The molecule has 0 aromatic carbocycles. The Hall–Kier alpha value is -1.62. The molecule has 1 aliphatic rings. The Labute approximate surface area is 151 Å². The molecular formula is C20H33N3O2. The van der Waals surface area contributed by atoms with Crippen molar-refractivity contribution in [3.63, 3.8) is 0 Å². The summed E-state index contributed by atoms with van der Waals surface area (Å²) < 4.78 is 1.69. The molecule has 140 valence electrons. The third kappa shape index (κ3) is 5.18. The van der Waals surface area contributed by atoms with Gasteiger partial charge in [-0.2, -0.15) is 0 Å². The maximum atomic E-state index is 12.9. The minimum absolute atomic E-state index is 0.100. The fourth-order valence-electron chi connectivity index (χ4n) is 3.21. The third-order valence-electron chi connectivity index (χ3n) is 5.02. The van der Waals surface area contributed by atoms with Crippen molar-refractivity contribution < 1.29 is 4.79 Å². The quantitative estimate of drug-likeness (QED) is 0.762. The molecule has 2 heterocycles. The van der Waals surface area contributed by atoms with E-state index in [1.165, 1.54) is 12.8 Å². The Bertz CT molecular complexity index is 628. The van der Waals surface area contributed by atoms with Gasteiger partial charge < -0.3 is 9.47 Å². The molecule has 1 amide bonds. The Balaban J connectivity index is 2.09. The number of carbonyl (C=O) groups is 1. The van der Waals surface area contributed by atoms with E-state index in [0.29, 0.717) is 31.1 Å². The van der Waals surface area contributed by atoms with E-state index in [1.807, 2.05) is 24.1 Å². The number of aromatic nitrogens is 1. The van der Waals surface area contributed by atoms with Crippen LogP contribution in [0.4, 0.5) is 0 Å². The summed E-state index contributed by atoms with van der Waals surface area (Å²) in [4.78, 5) is 30.0. The van der Waals surface area contributed by atoms with Crippen LogP contribution in [0.1, 0.15) is 56.0 Å². The zero-order valence-electron chi connectivity index (χ0n) is 16.3. The van der Waals surface area contributed by atoms with Crippen LogP contribution in [0, 0.1) is 12.8 Å². The summed E-state index contributed by atoms with van der Waals surface area (Å²) in [6.07, 6.45) is 5.15. The zero-order chi connectivity index (χ0) is 18.4. The summed E-state index contributed by atoms with van der Waals surface area (Å²) in [6.45, 7) is 13.3. The van der Waals surface area contributed by atoms with Crippen LogP contribution < -0.4 is 5.56 Å². The molecule has 0 spiro atoms. The number of amides is 1. The number of carbonyl (C=O) groups excluding carboxylic acids is 1. The van der Waals surface area contributed by atoms with Crippen molar-refractivity contribution in [2.75, 3.05) is 32.7 Å². The Morgan fingerprint density at radius 2 is 1.84 bits per heavy atom. The smallest absolute Gasteiger partial charge is 0.263 e. The van der Waals surface area contributed by atoms with Crippen LogP contribution in [-0.2, 0) is 6.54 Å². The van der Waals surface area contributed by atoms with Gasteiger partial charge in [-0.25, -0.2) is 0 Å². The van der Waals surface area contributed by atoms with Gasteiger partial charge in [0.15, 0.2) is 0 Å². The van der Waals surface area contributed by atoms with Gasteiger partial charge in [0.05, 0.1) is 0 Å². The van der Waals surface area contributed by atoms with Crippen LogP contribution in [0.5, 0.6) is 0 Å². The van der Waals surface area contributed by atoms with Crippen LogP contribution in [0.3, 0.4) is 0 Å². The fourth-order valence-corrected chi connectivity index (χ4v) is 3.21. The molecule has 2 rings (SSSR count). The Morgan fingerprint density at radius 3 is 2.44 bits per heavy atom. The highest BCUT2D eigenvalue weighted by Gasteiger charge is 2.25.